The molecule has 1 fully saturated rings. The highest BCUT2D eigenvalue weighted by atomic mass is 32.2. The molecule has 2 heterocycles. The van der Waals surface area contributed by atoms with Crippen molar-refractivity contribution in [3.8, 4) is 5.75 Å². The van der Waals surface area contributed by atoms with Crippen molar-refractivity contribution >= 4 is 29.3 Å². The topological polar surface area (TPSA) is 34.1 Å². The van der Waals surface area contributed by atoms with Gasteiger partial charge >= 0.3 is 0 Å². The highest BCUT2D eigenvalue weighted by Gasteiger charge is 2.14. The quantitative estimate of drug-likeness (QED) is 0.894. The van der Waals surface area contributed by atoms with Crippen LogP contribution in [0.4, 0.5) is 5.82 Å². The number of nitrogens with zero attached hydrogens (tertiary/aromatic N) is 1. The zero-order valence-corrected chi connectivity index (χ0v) is 10.9. The minimum absolute atomic E-state index is 0.686. The Bertz CT molecular complexity index is 330. The molecule has 3 nitrogen and oxygen atoms in total. The van der Waals surface area contributed by atoms with Gasteiger partial charge in [0.15, 0.2) is 11.6 Å². The summed E-state index contributed by atoms with van der Waals surface area (Å²) in [6.45, 7) is 0.963. The molecular formula is C11H16N2OS2. The van der Waals surface area contributed by atoms with Crippen molar-refractivity contribution in [3.05, 3.63) is 18.3 Å². The van der Waals surface area contributed by atoms with Crippen LogP contribution in [0.25, 0.3) is 0 Å². The SMILES string of the molecule is COc1cccnc1NCC1CSCCS1. The second-order valence-electron chi connectivity index (χ2n) is 3.50. The van der Waals surface area contributed by atoms with Gasteiger partial charge in [-0.2, -0.15) is 23.5 Å². The smallest absolute Gasteiger partial charge is 0.168 e. The first-order chi connectivity index (χ1) is 7.90. The second-order valence-corrected chi connectivity index (χ2v) is 6.06. The lowest BCUT2D eigenvalue weighted by molar-refractivity contribution is 0.415. The maximum atomic E-state index is 5.25. The van der Waals surface area contributed by atoms with Crippen LogP contribution in [-0.2, 0) is 0 Å². The minimum atomic E-state index is 0.686. The van der Waals surface area contributed by atoms with E-state index in [1.165, 1.54) is 17.3 Å². The minimum Gasteiger partial charge on any atom is -0.493 e. The van der Waals surface area contributed by atoms with Gasteiger partial charge in [0.05, 0.1) is 7.11 Å². The standard InChI is InChI=1S/C11H16N2OS2/c1-14-10-3-2-4-12-11(10)13-7-9-8-15-5-6-16-9/h2-4,9H,5-8H2,1H3,(H,12,13). The monoisotopic (exact) mass is 256 g/mol. The first-order valence-corrected chi connectivity index (χ1v) is 7.52. The molecule has 1 unspecified atom stereocenters. The van der Waals surface area contributed by atoms with Crippen LogP contribution in [0.1, 0.15) is 0 Å². The molecule has 1 aromatic heterocycles. The first kappa shape index (κ1) is 11.9. The van der Waals surface area contributed by atoms with E-state index >= 15 is 0 Å². The number of nitrogens with one attached hydrogen (secondary N) is 1. The number of ether oxygens (including phenoxy) is 1. The molecule has 1 aliphatic heterocycles. The second kappa shape index (κ2) is 6.25. The van der Waals surface area contributed by atoms with Gasteiger partial charge in [0.25, 0.3) is 0 Å². The highest BCUT2D eigenvalue weighted by molar-refractivity contribution is 8.06. The van der Waals surface area contributed by atoms with Crippen molar-refractivity contribution in [3.63, 3.8) is 0 Å². The largest absolute Gasteiger partial charge is 0.493 e. The van der Waals surface area contributed by atoms with E-state index in [0.29, 0.717) is 5.25 Å². The summed E-state index contributed by atoms with van der Waals surface area (Å²) >= 11 is 4.08. The lowest BCUT2D eigenvalue weighted by Crippen LogP contribution is -2.23. The third-order valence-corrected chi connectivity index (χ3v) is 5.22. The third kappa shape index (κ3) is 3.22. The maximum absolute atomic E-state index is 5.25. The Labute approximate surface area is 105 Å². The van der Waals surface area contributed by atoms with E-state index in [1.54, 1.807) is 13.3 Å². The van der Waals surface area contributed by atoms with E-state index in [0.717, 1.165) is 18.1 Å². The molecule has 0 saturated carbocycles. The average molecular weight is 256 g/mol. The Balaban J connectivity index is 1.88. The van der Waals surface area contributed by atoms with Crippen LogP contribution in [-0.4, -0.2) is 41.1 Å². The summed E-state index contributed by atoms with van der Waals surface area (Å²) in [5, 5.41) is 4.05. The number of aromatic nitrogens is 1. The first-order valence-electron chi connectivity index (χ1n) is 5.32. The fraction of sp³-hybridized carbons (Fsp3) is 0.545. The average Bonchev–Trinajstić information content (AvgIpc) is 2.38. The maximum Gasteiger partial charge on any atom is 0.168 e. The Kier molecular flexibility index (Phi) is 4.66. The molecule has 1 N–H and O–H groups in total. The molecule has 0 radical (unpaired) electrons. The van der Waals surface area contributed by atoms with Gasteiger partial charge in [0.2, 0.25) is 0 Å². The van der Waals surface area contributed by atoms with Crippen LogP contribution in [0.5, 0.6) is 5.75 Å². The van der Waals surface area contributed by atoms with Crippen molar-refractivity contribution in [1.82, 2.24) is 4.98 Å². The van der Waals surface area contributed by atoms with Crippen LogP contribution < -0.4 is 10.1 Å². The number of anilines is 1. The Morgan fingerprint density at radius 3 is 3.25 bits per heavy atom. The van der Waals surface area contributed by atoms with Gasteiger partial charge in [-0.05, 0) is 12.1 Å². The van der Waals surface area contributed by atoms with Crippen molar-refractivity contribution in [2.45, 2.75) is 5.25 Å². The molecule has 16 heavy (non-hydrogen) atoms. The molecule has 0 bridgehead atoms. The number of hydrogen-bond acceptors (Lipinski definition) is 5. The van der Waals surface area contributed by atoms with E-state index in [4.69, 9.17) is 4.74 Å². The van der Waals surface area contributed by atoms with Crippen LogP contribution in [0.3, 0.4) is 0 Å². The fourth-order valence-corrected chi connectivity index (χ4v) is 4.16. The molecule has 0 aromatic carbocycles. The van der Waals surface area contributed by atoms with E-state index in [1.807, 2.05) is 35.7 Å². The van der Waals surface area contributed by atoms with Gasteiger partial charge in [0.1, 0.15) is 0 Å². The van der Waals surface area contributed by atoms with Crippen molar-refractivity contribution in [1.29, 1.82) is 0 Å². The van der Waals surface area contributed by atoms with E-state index in [-0.39, 0.29) is 0 Å². The van der Waals surface area contributed by atoms with Crippen molar-refractivity contribution in [2.75, 3.05) is 36.2 Å². The highest BCUT2D eigenvalue weighted by Crippen LogP contribution is 2.25. The molecule has 1 aliphatic rings. The van der Waals surface area contributed by atoms with Gasteiger partial charge in [0, 0.05) is 35.3 Å². The van der Waals surface area contributed by atoms with Gasteiger partial charge in [-0.25, -0.2) is 4.98 Å². The molecule has 2 rings (SSSR count). The molecule has 0 aliphatic carbocycles. The molecular weight excluding hydrogens is 240 g/mol. The van der Waals surface area contributed by atoms with Gasteiger partial charge in [-0.3, -0.25) is 0 Å². The van der Waals surface area contributed by atoms with E-state index in [9.17, 15) is 0 Å². The van der Waals surface area contributed by atoms with Crippen LogP contribution in [0.2, 0.25) is 0 Å². The Morgan fingerprint density at radius 2 is 2.50 bits per heavy atom. The van der Waals surface area contributed by atoms with E-state index in [2.05, 4.69) is 10.3 Å². The lowest BCUT2D eigenvalue weighted by Gasteiger charge is -2.21. The predicted octanol–water partition coefficient (Wildman–Crippen LogP) is 2.35. The summed E-state index contributed by atoms with van der Waals surface area (Å²) in [6.07, 6.45) is 1.79. The normalized spacial score (nSPS) is 20.4. The summed E-state index contributed by atoms with van der Waals surface area (Å²) in [5.74, 6) is 5.44. The Morgan fingerprint density at radius 1 is 1.56 bits per heavy atom. The van der Waals surface area contributed by atoms with Crippen LogP contribution in [0.15, 0.2) is 18.3 Å². The molecule has 0 spiro atoms. The summed E-state index contributed by atoms with van der Waals surface area (Å²) in [6, 6.07) is 3.81. The number of thioether (sulfide) groups is 2. The zero-order valence-electron chi connectivity index (χ0n) is 9.31. The van der Waals surface area contributed by atoms with Gasteiger partial charge in [-0.1, -0.05) is 0 Å². The molecule has 88 valence electrons. The number of methoxy groups -OCH3 is 1. The van der Waals surface area contributed by atoms with E-state index < -0.39 is 0 Å². The van der Waals surface area contributed by atoms with Crippen LogP contribution in [0, 0.1) is 0 Å². The molecule has 1 saturated heterocycles. The number of pyridine rings is 1. The number of hydrogen-bond donors (Lipinski definition) is 1. The summed E-state index contributed by atoms with van der Waals surface area (Å²) in [5.41, 5.74) is 0. The Hall–Kier alpha value is -0.550. The van der Waals surface area contributed by atoms with Crippen molar-refractivity contribution in [2.24, 2.45) is 0 Å². The summed E-state index contributed by atoms with van der Waals surface area (Å²) in [4.78, 5) is 4.28. The molecule has 0 amide bonds. The molecule has 5 heteroatoms. The van der Waals surface area contributed by atoms with Crippen molar-refractivity contribution < 1.29 is 4.74 Å². The zero-order chi connectivity index (χ0) is 11.2. The molecule has 1 atom stereocenters. The number of rotatable bonds is 4. The lowest BCUT2D eigenvalue weighted by atomic mass is 10.4. The fourth-order valence-electron chi connectivity index (χ4n) is 1.55. The predicted molar refractivity (Wildman–Crippen MR) is 72.8 cm³/mol. The van der Waals surface area contributed by atoms with Gasteiger partial charge < -0.3 is 10.1 Å². The summed E-state index contributed by atoms with van der Waals surface area (Å²) in [7, 11) is 1.67. The summed E-state index contributed by atoms with van der Waals surface area (Å²) < 4.78 is 5.25. The van der Waals surface area contributed by atoms with Crippen LogP contribution >= 0.6 is 23.5 Å². The third-order valence-electron chi connectivity index (χ3n) is 2.37. The molecule has 1 aromatic rings. The van der Waals surface area contributed by atoms with Gasteiger partial charge in [-0.15, -0.1) is 0 Å².